The Morgan fingerprint density at radius 3 is 2.57 bits per heavy atom. The molecule has 1 aliphatic heterocycles. The van der Waals surface area contributed by atoms with Gasteiger partial charge in [0.1, 0.15) is 6.04 Å². The third kappa shape index (κ3) is 5.61. The van der Waals surface area contributed by atoms with Crippen LogP contribution >= 0.6 is 0 Å². The zero-order valence-electron chi connectivity index (χ0n) is 12.7. The number of carboxylic acids is 1. The monoisotopic (exact) mass is 299 g/mol. The van der Waals surface area contributed by atoms with E-state index >= 15 is 0 Å². The molecule has 21 heavy (non-hydrogen) atoms. The highest BCUT2D eigenvalue weighted by molar-refractivity contribution is 5.86. The average Bonchev–Trinajstić information content (AvgIpc) is 2.41. The number of urea groups is 1. The lowest BCUT2D eigenvalue weighted by atomic mass is 9.93. The van der Waals surface area contributed by atoms with Crippen molar-refractivity contribution < 1.29 is 19.5 Å². The summed E-state index contributed by atoms with van der Waals surface area (Å²) in [5, 5.41) is 11.4. The van der Waals surface area contributed by atoms with Gasteiger partial charge < -0.3 is 21.1 Å². The minimum atomic E-state index is -0.815. The van der Waals surface area contributed by atoms with E-state index in [0.29, 0.717) is 19.5 Å². The lowest BCUT2D eigenvalue weighted by Crippen LogP contribution is -2.54. The first-order valence-corrected chi connectivity index (χ1v) is 7.37. The molecule has 0 aliphatic carbocycles. The Bertz CT molecular complexity index is 398. The highest BCUT2D eigenvalue weighted by Gasteiger charge is 2.28. The first kappa shape index (κ1) is 17.3. The van der Waals surface area contributed by atoms with E-state index in [-0.39, 0.29) is 24.3 Å². The number of piperidine rings is 1. The Balaban J connectivity index is 2.53. The Hall–Kier alpha value is -1.79. The van der Waals surface area contributed by atoms with Crippen LogP contribution in [0.4, 0.5) is 4.79 Å². The number of likely N-dealkylation sites (tertiary alicyclic amines) is 1. The summed E-state index contributed by atoms with van der Waals surface area (Å²) in [5.74, 6) is -1.23. The number of carbonyl (C=O) groups excluding carboxylic acids is 2. The summed E-state index contributed by atoms with van der Waals surface area (Å²) in [6.45, 7) is 4.80. The zero-order valence-corrected chi connectivity index (χ0v) is 12.7. The predicted molar refractivity (Wildman–Crippen MR) is 77.5 cm³/mol. The molecular weight excluding hydrogens is 274 g/mol. The molecular formula is C14H25N3O4. The molecule has 1 fully saturated rings. The Kier molecular flexibility index (Phi) is 6.45. The van der Waals surface area contributed by atoms with Crippen molar-refractivity contribution >= 4 is 17.9 Å². The Morgan fingerprint density at radius 1 is 1.38 bits per heavy atom. The fraction of sp³-hybridized carbons (Fsp3) is 0.786. The zero-order chi connectivity index (χ0) is 16.0. The minimum Gasteiger partial charge on any atom is -0.481 e. The molecule has 1 aliphatic rings. The average molecular weight is 299 g/mol. The minimum absolute atomic E-state index is 0.0703. The molecule has 2 atom stereocenters. The van der Waals surface area contributed by atoms with E-state index in [1.54, 1.807) is 4.90 Å². The summed E-state index contributed by atoms with van der Waals surface area (Å²) in [6, 6.07) is -0.982. The number of nitrogens with two attached hydrogens (primary N) is 1. The molecule has 2 unspecified atom stereocenters. The van der Waals surface area contributed by atoms with Crippen LogP contribution in [-0.4, -0.2) is 47.0 Å². The largest absolute Gasteiger partial charge is 0.481 e. The molecule has 1 saturated heterocycles. The third-order valence-electron chi connectivity index (χ3n) is 3.82. The van der Waals surface area contributed by atoms with Gasteiger partial charge in [0.2, 0.25) is 5.91 Å². The van der Waals surface area contributed by atoms with Crippen molar-refractivity contribution in [3.05, 3.63) is 0 Å². The van der Waals surface area contributed by atoms with E-state index in [0.717, 1.165) is 12.8 Å². The molecule has 0 aromatic heterocycles. The van der Waals surface area contributed by atoms with Crippen molar-refractivity contribution in [1.82, 2.24) is 10.2 Å². The van der Waals surface area contributed by atoms with Crippen LogP contribution in [0, 0.1) is 11.8 Å². The van der Waals surface area contributed by atoms with Crippen LogP contribution in [0.2, 0.25) is 0 Å². The summed E-state index contributed by atoms with van der Waals surface area (Å²) in [4.78, 5) is 35.8. The molecule has 1 rings (SSSR count). The number of aliphatic carboxylic acids is 1. The lowest BCUT2D eigenvalue weighted by Gasteiger charge is -2.34. The maximum absolute atomic E-state index is 12.2. The normalized spacial score (nSPS) is 20.1. The van der Waals surface area contributed by atoms with E-state index in [4.69, 9.17) is 10.8 Å². The highest BCUT2D eigenvalue weighted by Crippen LogP contribution is 2.21. The van der Waals surface area contributed by atoms with Gasteiger partial charge in [-0.3, -0.25) is 9.59 Å². The number of rotatable bonds is 6. The van der Waals surface area contributed by atoms with E-state index < -0.39 is 17.9 Å². The SMILES string of the molecule is CC(C)C(NC(=O)N1CCCC(CCC(=O)O)C1)C(N)=O. The number of nitrogens with zero attached hydrogens (tertiary/aromatic N) is 1. The van der Waals surface area contributed by atoms with Gasteiger partial charge in [0, 0.05) is 19.5 Å². The number of nitrogens with one attached hydrogen (secondary N) is 1. The summed E-state index contributed by atoms with van der Waals surface area (Å²) in [7, 11) is 0. The smallest absolute Gasteiger partial charge is 0.318 e. The molecule has 3 amide bonds. The molecule has 0 spiro atoms. The molecule has 0 aromatic carbocycles. The quantitative estimate of drug-likeness (QED) is 0.672. The van der Waals surface area contributed by atoms with Crippen molar-refractivity contribution in [2.45, 2.75) is 45.6 Å². The van der Waals surface area contributed by atoms with Crippen LogP contribution in [0.1, 0.15) is 39.5 Å². The second-order valence-electron chi connectivity index (χ2n) is 5.96. The van der Waals surface area contributed by atoms with Gasteiger partial charge in [0.05, 0.1) is 0 Å². The highest BCUT2D eigenvalue weighted by atomic mass is 16.4. The molecule has 0 saturated carbocycles. The molecule has 0 bridgehead atoms. The summed E-state index contributed by atoms with van der Waals surface area (Å²) in [5.41, 5.74) is 5.29. The molecule has 120 valence electrons. The van der Waals surface area contributed by atoms with Crippen molar-refractivity contribution in [3.63, 3.8) is 0 Å². The Morgan fingerprint density at radius 2 is 2.05 bits per heavy atom. The maximum Gasteiger partial charge on any atom is 0.318 e. The van der Waals surface area contributed by atoms with Crippen molar-refractivity contribution in [2.24, 2.45) is 17.6 Å². The van der Waals surface area contributed by atoms with Gasteiger partial charge in [-0.2, -0.15) is 0 Å². The molecule has 0 aromatic rings. The van der Waals surface area contributed by atoms with Crippen LogP contribution in [0.25, 0.3) is 0 Å². The predicted octanol–water partition coefficient (Wildman–Crippen LogP) is 0.783. The number of carboxylic acid groups (broad SMARTS) is 1. The Labute approximate surface area is 124 Å². The van der Waals surface area contributed by atoms with Crippen LogP contribution in [0.5, 0.6) is 0 Å². The first-order chi connectivity index (χ1) is 9.81. The summed E-state index contributed by atoms with van der Waals surface area (Å²) < 4.78 is 0. The molecule has 1 heterocycles. The summed E-state index contributed by atoms with van der Waals surface area (Å²) >= 11 is 0. The molecule has 7 nitrogen and oxygen atoms in total. The number of hydrogen-bond acceptors (Lipinski definition) is 3. The fourth-order valence-corrected chi connectivity index (χ4v) is 2.60. The van der Waals surface area contributed by atoms with Gasteiger partial charge in [0.25, 0.3) is 0 Å². The van der Waals surface area contributed by atoms with E-state index in [1.807, 2.05) is 13.8 Å². The van der Waals surface area contributed by atoms with E-state index in [9.17, 15) is 14.4 Å². The van der Waals surface area contributed by atoms with Crippen LogP contribution in [0.3, 0.4) is 0 Å². The van der Waals surface area contributed by atoms with Crippen molar-refractivity contribution in [2.75, 3.05) is 13.1 Å². The van der Waals surface area contributed by atoms with Gasteiger partial charge in [0.15, 0.2) is 0 Å². The van der Waals surface area contributed by atoms with Gasteiger partial charge in [-0.15, -0.1) is 0 Å². The van der Waals surface area contributed by atoms with Crippen LogP contribution < -0.4 is 11.1 Å². The van der Waals surface area contributed by atoms with Crippen LogP contribution in [0.15, 0.2) is 0 Å². The fourth-order valence-electron chi connectivity index (χ4n) is 2.60. The lowest BCUT2D eigenvalue weighted by molar-refractivity contribution is -0.137. The van der Waals surface area contributed by atoms with Gasteiger partial charge >= 0.3 is 12.0 Å². The van der Waals surface area contributed by atoms with Gasteiger partial charge in [-0.05, 0) is 31.1 Å². The standard InChI is InChI=1S/C14H25N3O4/c1-9(2)12(13(15)20)16-14(21)17-7-3-4-10(8-17)5-6-11(18)19/h9-10,12H,3-8H2,1-2H3,(H2,15,20)(H,16,21)(H,18,19). The molecule has 0 radical (unpaired) electrons. The van der Waals surface area contributed by atoms with Crippen molar-refractivity contribution in [3.8, 4) is 0 Å². The second kappa shape index (κ2) is 7.85. The number of primary amides is 1. The third-order valence-corrected chi connectivity index (χ3v) is 3.82. The number of carbonyl (C=O) groups is 3. The maximum atomic E-state index is 12.2. The molecule has 7 heteroatoms. The number of amides is 3. The van der Waals surface area contributed by atoms with Crippen LogP contribution in [-0.2, 0) is 9.59 Å². The topological polar surface area (TPSA) is 113 Å². The van der Waals surface area contributed by atoms with E-state index in [1.165, 1.54) is 0 Å². The first-order valence-electron chi connectivity index (χ1n) is 7.37. The second-order valence-corrected chi connectivity index (χ2v) is 5.96. The summed E-state index contributed by atoms with van der Waals surface area (Å²) in [6.07, 6.45) is 2.47. The van der Waals surface area contributed by atoms with Gasteiger partial charge in [-0.1, -0.05) is 13.8 Å². The number of hydrogen-bond donors (Lipinski definition) is 3. The van der Waals surface area contributed by atoms with Gasteiger partial charge in [-0.25, -0.2) is 4.79 Å². The van der Waals surface area contributed by atoms with E-state index in [2.05, 4.69) is 5.32 Å². The van der Waals surface area contributed by atoms with Crippen molar-refractivity contribution in [1.29, 1.82) is 0 Å². The molecule has 4 N–H and O–H groups in total.